The van der Waals surface area contributed by atoms with Gasteiger partial charge in [0, 0.05) is 18.9 Å². The van der Waals surface area contributed by atoms with Crippen LogP contribution in [0.15, 0.2) is 36.4 Å². The summed E-state index contributed by atoms with van der Waals surface area (Å²) >= 11 is 0. The SMILES string of the molecule is CCCCCCCCCC(=O)O[C@H]1[C@H](O[C@@H]2[C@@H](O)[C@H]3OC(=O)CCCCCCCCC[C@H](CCCCC)O[C@@H]4O[C@H](C)[C@H](O)[C@H](O)[C@H]4O[C@@H]3O[C@H]2C)O[C@@H](C)[C@H](O[C@@H]2O[C@@H](C)[C@H](OC(=O)[C@@H](C)CC)[C@@H](OC(=O)/C=C/c3ccccc3)[C@H]2O)[C@H]1O[C@@H]1O[C@@H](C)[C@H](O)[C@@H](O)[C@H]1O. The van der Waals surface area contributed by atoms with Gasteiger partial charge in [0.1, 0.15) is 67.1 Å². The second-order valence-electron chi connectivity index (χ2n) is 26.8. The summed E-state index contributed by atoms with van der Waals surface area (Å²) in [6, 6.07) is 8.89. The topological polar surface area (TPSA) is 339 Å². The molecule has 7 N–H and O–H groups in total. The average molecular weight is 1350 g/mol. The number of hydrogen-bond donors (Lipinski definition) is 7. The lowest BCUT2D eigenvalue weighted by Gasteiger charge is -2.51. The molecular formula is C70H112O25. The molecule has 0 aromatic heterocycles. The highest BCUT2D eigenvalue weighted by molar-refractivity contribution is 5.87. The van der Waals surface area contributed by atoms with Crippen molar-refractivity contribution in [2.45, 2.75) is 363 Å². The summed E-state index contributed by atoms with van der Waals surface area (Å²) < 4.78 is 89.6. The first kappa shape index (κ1) is 78.5. The number of benzene rings is 1. The summed E-state index contributed by atoms with van der Waals surface area (Å²) in [6.45, 7) is 15.3. The van der Waals surface area contributed by atoms with Crippen molar-refractivity contribution in [1.29, 1.82) is 0 Å². The number of carbonyl (C=O) groups is 4. The van der Waals surface area contributed by atoms with E-state index in [1.54, 1.807) is 45.0 Å². The monoisotopic (exact) mass is 1350 g/mol. The van der Waals surface area contributed by atoms with Gasteiger partial charge in [0.15, 0.2) is 55.9 Å². The molecule has 6 saturated heterocycles. The zero-order valence-electron chi connectivity index (χ0n) is 57.2. The Bertz CT molecular complexity index is 2460. The molecule has 0 aliphatic carbocycles. The molecule has 27 atom stereocenters. The predicted octanol–water partition coefficient (Wildman–Crippen LogP) is 6.81. The van der Waals surface area contributed by atoms with E-state index in [-0.39, 0.29) is 18.9 Å². The zero-order valence-corrected chi connectivity index (χ0v) is 57.2. The smallest absolute Gasteiger partial charge is 0.331 e. The number of esters is 4. The molecule has 1 aromatic carbocycles. The highest BCUT2D eigenvalue weighted by atomic mass is 16.8. The van der Waals surface area contributed by atoms with Gasteiger partial charge in [-0.3, -0.25) is 14.4 Å². The standard InChI is InChI=1S/C70H112O25/c1-10-13-15-16-18-22-30-36-48(72)90-64-63(95-66-54(78)52(76)50(74)40(5)82-66)59(93-67-56(80)60(58(43(8)84-67)91-65(81)39(4)12-3)88-49(73)38-37-45-31-26-24-27-32-45)44(9)86-70(64)92-57-42(7)85-69-62(55(57)79)89-47(71)35-29-23-20-17-19-21-28-34-46(33-25-14-11-2)87-68-61(94-69)53(77)51(75)41(6)83-68/h24,26-27,31-32,37-44,46,50-64,66-70,74-80H,10-23,25,28-30,33-36H2,1-9H3/b38-37+/t39-,40-,41+,42-,43-,44-,46-,50-,51-,52+,53-,54+,55+,56+,57-,58-,59-,60-,61+,62+,63+,64+,66-,67-,68-,69-,70-/m0/s1. The Morgan fingerprint density at radius 3 is 1.77 bits per heavy atom. The van der Waals surface area contributed by atoms with Gasteiger partial charge in [-0.2, -0.15) is 0 Å². The maximum absolute atomic E-state index is 14.5. The third kappa shape index (κ3) is 22.3. The minimum Gasteiger partial charge on any atom is -0.455 e. The largest absolute Gasteiger partial charge is 0.455 e. The Morgan fingerprint density at radius 1 is 0.505 bits per heavy atom. The van der Waals surface area contributed by atoms with Crippen LogP contribution in [-0.2, 0) is 85.5 Å². The van der Waals surface area contributed by atoms with Gasteiger partial charge in [0.25, 0.3) is 0 Å². The predicted molar refractivity (Wildman–Crippen MR) is 341 cm³/mol. The molecule has 7 rings (SSSR count). The van der Waals surface area contributed by atoms with E-state index in [4.69, 9.17) is 66.3 Å². The molecule has 6 heterocycles. The highest BCUT2D eigenvalue weighted by Crippen LogP contribution is 2.40. The van der Waals surface area contributed by atoms with E-state index in [9.17, 15) is 54.9 Å². The van der Waals surface area contributed by atoms with Gasteiger partial charge >= 0.3 is 23.9 Å². The van der Waals surface area contributed by atoms with E-state index < -0.39 is 183 Å². The fourth-order valence-corrected chi connectivity index (χ4v) is 13.0. The number of aliphatic hydroxyl groups excluding tert-OH is 7. The lowest BCUT2D eigenvalue weighted by atomic mass is 9.95. The molecule has 0 saturated carbocycles. The molecule has 6 fully saturated rings. The molecule has 0 unspecified atom stereocenters. The molecule has 0 spiro atoms. The fraction of sp³-hybridized carbons (Fsp3) is 0.829. The lowest BCUT2D eigenvalue weighted by Crippen LogP contribution is -2.68. The summed E-state index contributed by atoms with van der Waals surface area (Å²) in [5.74, 6) is -3.63. The van der Waals surface area contributed by atoms with Crippen molar-refractivity contribution in [1.82, 2.24) is 0 Å². The van der Waals surface area contributed by atoms with Crippen molar-refractivity contribution >= 4 is 30.0 Å². The third-order valence-corrected chi connectivity index (χ3v) is 19.1. The summed E-state index contributed by atoms with van der Waals surface area (Å²) in [7, 11) is 0. The van der Waals surface area contributed by atoms with Crippen molar-refractivity contribution in [2.24, 2.45) is 5.92 Å². The van der Waals surface area contributed by atoms with E-state index in [0.717, 1.165) is 96.0 Å². The Balaban J connectivity index is 1.25. The lowest BCUT2D eigenvalue weighted by molar-refractivity contribution is -0.399. The van der Waals surface area contributed by atoms with Gasteiger partial charge < -0.3 is 102 Å². The Morgan fingerprint density at radius 2 is 1.06 bits per heavy atom. The van der Waals surface area contributed by atoms with Crippen molar-refractivity contribution in [3.05, 3.63) is 42.0 Å². The van der Waals surface area contributed by atoms with Crippen LogP contribution in [0.4, 0.5) is 0 Å². The van der Waals surface area contributed by atoms with Gasteiger partial charge in [0.05, 0.1) is 42.5 Å². The molecular weight excluding hydrogens is 1240 g/mol. The van der Waals surface area contributed by atoms with E-state index in [1.807, 2.05) is 6.07 Å². The molecule has 542 valence electrons. The molecule has 25 heteroatoms. The summed E-state index contributed by atoms with van der Waals surface area (Å²) in [4.78, 5) is 55.6. The third-order valence-electron chi connectivity index (χ3n) is 19.1. The molecule has 6 aliphatic rings. The second kappa shape index (κ2) is 39.2. The van der Waals surface area contributed by atoms with Crippen LogP contribution in [0.2, 0.25) is 0 Å². The van der Waals surface area contributed by atoms with Crippen LogP contribution in [0.1, 0.15) is 209 Å². The second-order valence-corrected chi connectivity index (χ2v) is 26.8. The molecule has 0 amide bonds. The number of ether oxygens (including phenoxy) is 14. The van der Waals surface area contributed by atoms with Crippen LogP contribution in [-0.4, -0.2) is 219 Å². The van der Waals surface area contributed by atoms with Gasteiger partial charge in [-0.25, -0.2) is 4.79 Å². The summed E-state index contributed by atoms with van der Waals surface area (Å²) in [5.41, 5.74) is 0.665. The quantitative estimate of drug-likeness (QED) is 0.0229. The minimum absolute atomic E-state index is 0.0377. The molecule has 1 aromatic rings. The van der Waals surface area contributed by atoms with Gasteiger partial charge in [-0.05, 0) is 78.4 Å². The van der Waals surface area contributed by atoms with E-state index in [0.29, 0.717) is 44.1 Å². The van der Waals surface area contributed by atoms with Crippen LogP contribution in [0.5, 0.6) is 0 Å². The first-order valence-corrected chi connectivity index (χ1v) is 35.4. The fourth-order valence-electron chi connectivity index (χ4n) is 13.0. The molecule has 0 bridgehead atoms. The molecule has 25 nitrogen and oxygen atoms in total. The minimum atomic E-state index is -1.94. The van der Waals surface area contributed by atoms with Crippen molar-refractivity contribution in [3.63, 3.8) is 0 Å². The maximum Gasteiger partial charge on any atom is 0.331 e. The van der Waals surface area contributed by atoms with E-state index in [1.165, 1.54) is 33.8 Å². The van der Waals surface area contributed by atoms with Gasteiger partial charge in [0.2, 0.25) is 0 Å². The van der Waals surface area contributed by atoms with Crippen LogP contribution >= 0.6 is 0 Å². The Labute approximate surface area is 560 Å². The first-order chi connectivity index (χ1) is 45.5. The number of aliphatic hydroxyl groups is 7. The van der Waals surface area contributed by atoms with Crippen molar-refractivity contribution in [3.8, 4) is 0 Å². The van der Waals surface area contributed by atoms with Crippen molar-refractivity contribution < 1.29 is 121 Å². The average Bonchev–Trinajstić information content (AvgIpc) is 0.770. The van der Waals surface area contributed by atoms with Crippen LogP contribution in [0, 0.1) is 5.92 Å². The van der Waals surface area contributed by atoms with Gasteiger partial charge in [-0.15, -0.1) is 0 Å². The molecule has 95 heavy (non-hydrogen) atoms. The number of hydrogen-bond acceptors (Lipinski definition) is 25. The molecule has 6 aliphatic heterocycles. The maximum atomic E-state index is 14.5. The van der Waals surface area contributed by atoms with Crippen LogP contribution in [0.25, 0.3) is 6.08 Å². The Kier molecular flexibility index (Phi) is 32.4. The first-order valence-electron chi connectivity index (χ1n) is 35.4. The number of carbonyl (C=O) groups excluding carboxylic acids is 4. The normalized spacial score (nSPS) is 39.1. The van der Waals surface area contributed by atoms with Crippen LogP contribution in [0.3, 0.4) is 0 Å². The van der Waals surface area contributed by atoms with Crippen LogP contribution < -0.4 is 0 Å². The van der Waals surface area contributed by atoms with E-state index in [2.05, 4.69) is 13.8 Å². The number of unbranched alkanes of at least 4 members (excludes halogenated alkanes) is 8. The van der Waals surface area contributed by atoms with Crippen molar-refractivity contribution in [2.75, 3.05) is 0 Å². The van der Waals surface area contributed by atoms with Gasteiger partial charge in [-0.1, -0.05) is 154 Å². The molecule has 0 radical (unpaired) electrons. The summed E-state index contributed by atoms with van der Waals surface area (Å²) in [6.07, 6.45) is -20.0. The summed E-state index contributed by atoms with van der Waals surface area (Å²) in [5, 5.41) is 82.0. The zero-order chi connectivity index (χ0) is 68.9. The number of rotatable bonds is 25. The highest BCUT2D eigenvalue weighted by Gasteiger charge is 2.59. The Hall–Kier alpha value is -3.84. The van der Waals surface area contributed by atoms with E-state index >= 15 is 0 Å². The number of fused-ring (bicyclic) bond motifs is 2.